The Morgan fingerprint density at radius 2 is 1.92 bits per heavy atom. The molecule has 282 valence electrons. The molecule has 4 rings (SSSR count). The highest BCUT2D eigenvalue weighted by Gasteiger charge is 2.54. The number of ether oxygens (including phenoxy) is 3. The van der Waals surface area contributed by atoms with Gasteiger partial charge in [-0.1, -0.05) is 61.9 Å². The molecule has 51 heavy (non-hydrogen) atoms. The van der Waals surface area contributed by atoms with Gasteiger partial charge in [0.2, 0.25) is 11.8 Å². The number of nitrogens with zero attached hydrogens (tertiary/aromatic N) is 4. The summed E-state index contributed by atoms with van der Waals surface area (Å²) >= 11 is 0.965. The maximum Gasteiger partial charge on any atom is 0.405 e. The number of aliphatic hydroxyl groups excluding tert-OH is 1. The molecular weight excluding hydrogens is 703 g/mol. The fourth-order valence-corrected chi connectivity index (χ4v) is 7.41. The highest BCUT2D eigenvalue weighted by Crippen LogP contribution is 2.47. The topological polar surface area (TPSA) is 219 Å². The van der Waals surface area contributed by atoms with Gasteiger partial charge in [-0.25, -0.2) is 14.6 Å². The predicted molar refractivity (Wildman–Crippen MR) is 191 cm³/mol. The lowest BCUT2D eigenvalue weighted by Crippen LogP contribution is -2.44. The molecule has 0 radical (unpaired) electrons. The van der Waals surface area contributed by atoms with E-state index in [0.717, 1.165) is 36.6 Å². The van der Waals surface area contributed by atoms with Crippen LogP contribution in [0.2, 0.25) is 0 Å². The van der Waals surface area contributed by atoms with Gasteiger partial charge in [0.25, 0.3) is 0 Å². The zero-order valence-electron chi connectivity index (χ0n) is 29.6. The average Bonchev–Trinajstić information content (AvgIpc) is 3.61. The van der Waals surface area contributed by atoms with E-state index in [1.54, 1.807) is 20.8 Å². The van der Waals surface area contributed by atoms with Crippen molar-refractivity contribution < 1.29 is 47.6 Å². The van der Waals surface area contributed by atoms with Crippen LogP contribution in [0.15, 0.2) is 36.7 Å². The van der Waals surface area contributed by atoms with Crippen molar-refractivity contribution in [1.29, 1.82) is 0 Å². The Morgan fingerprint density at radius 3 is 2.63 bits per heavy atom. The molecule has 0 amide bonds. The SMILES string of the molecule is CCCCCC(=O)OCC(C)(C)C(=O)SCCOP(=O)(NCc1ccccc1)OCC1O[C@@H](n2cnc3c(OCC)nc(N)nc32)[C@](C)(O)[C@@H]1O. The maximum atomic E-state index is 14.0. The number of carbonyl (C=O) groups excluding carboxylic acids is 2. The minimum atomic E-state index is -4.07. The van der Waals surface area contributed by atoms with Crippen LogP contribution in [0.1, 0.15) is 72.1 Å². The van der Waals surface area contributed by atoms with Crippen LogP contribution in [-0.4, -0.2) is 90.8 Å². The quantitative estimate of drug-likeness (QED) is 0.0723. The van der Waals surface area contributed by atoms with Gasteiger partial charge in [-0.2, -0.15) is 9.97 Å². The Morgan fingerprint density at radius 1 is 1.18 bits per heavy atom. The second-order valence-corrected chi connectivity index (χ2v) is 15.8. The Balaban J connectivity index is 1.39. The number of nitrogen functional groups attached to an aromatic ring is 1. The fourth-order valence-electron chi connectivity index (χ4n) is 5.18. The molecule has 1 aliphatic rings. The van der Waals surface area contributed by atoms with Crippen molar-refractivity contribution in [2.75, 3.05) is 37.9 Å². The van der Waals surface area contributed by atoms with Crippen molar-refractivity contribution in [2.24, 2.45) is 5.41 Å². The summed E-state index contributed by atoms with van der Waals surface area (Å²) in [6, 6.07) is 9.17. The summed E-state index contributed by atoms with van der Waals surface area (Å²) in [6.45, 7) is 8.39. The molecule has 2 unspecified atom stereocenters. The van der Waals surface area contributed by atoms with Crippen LogP contribution in [0.4, 0.5) is 5.95 Å². The van der Waals surface area contributed by atoms with E-state index >= 15 is 0 Å². The molecule has 0 bridgehead atoms. The van der Waals surface area contributed by atoms with Gasteiger partial charge in [-0.3, -0.25) is 23.2 Å². The van der Waals surface area contributed by atoms with E-state index in [9.17, 15) is 24.4 Å². The van der Waals surface area contributed by atoms with Crippen LogP contribution >= 0.6 is 19.5 Å². The molecule has 0 saturated carbocycles. The Kier molecular flexibility index (Phi) is 14.4. The van der Waals surface area contributed by atoms with Crippen molar-refractivity contribution in [1.82, 2.24) is 24.6 Å². The Labute approximate surface area is 301 Å². The number of rotatable bonds is 20. The molecule has 2 aromatic heterocycles. The molecule has 1 aromatic carbocycles. The number of fused-ring (bicyclic) bond motifs is 1. The second-order valence-electron chi connectivity index (χ2n) is 12.9. The number of carbonyl (C=O) groups is 2. The molecule has 0 spiro atoms. The molecule has 1 saturated heterocycles. The normalized spacial score (nSPS) is 21.8. The third-order valence-corrected chi connectivity index (χ3v) is 10.9. The van der Waals surface area contributed by atoms with Gasteiger partial charge in [0.1, 0.15) is 24.4 Å². The summed E-state index contributed by atoms with van der Waals surface area (Å²) in [5.74, 6) is -0.131. The van der Waals surface area contributed by atoms with Crippen molar-refractivity contribution in [3.8, 4) is 5.88 Å². The van der Waals surface area contributed by atoms with Gasteiger partial charge >= 0.3 is 13.7 Å². The first-order chi connectivity index (χ1) is 24.2. The molecule has 1 aliphatic heterocycles. The molecule has 1 fully saturated rings. The van der Waals surface area contributed by atoms with Gasteiger partial charge in [0, 0.05) is 18.7 Å². The average molecular weight is 753 g/mol. The summed E-state index contributed by atoms with van der Waals surface area (Å²) in [5.41, 5.74) is 4.38. The van der Waals surface area contributed by atoms with Crippen LogP contribution in [0.25, 0.3) is 11.2 Å². The summed E-state index contributed by atoms with van der Waals surface area (Å²) in [5, 5.41) is 25.2. The minimum absolute atomic E-state index is 0.0533. The number of unbranched alkanes of at least 4 members (excludes halogenated alkanes) is 2. The van der Waals surface area contributed by atoms with E-state index in [0.29, 0.717) is 13.0 Å². The van der Waals surface area contributed by atoms with Gasteiger partial charge in [-0.05, 0) is 39.7 Å². The number of imidazole rings is 1. The molecule has 16 nitrogen and oxygen atoms in total. The lowest BCUT2D eigenvalue weighted by atomic mass is 9.96. The number of esters is 1. The van der Waals surface area contributed by atoms with Crippen molar-refractivity contribution >= 4 is 47.7 Å². The lowest BCUT2D eigenvalue weighted by Gasteiger charge is -2.27. The van der Waals surface area contributed by atoms with Gasteiger partial charge in [0.05, 0.1) is 31.6 Å². The minimum Gasteiger partial charge on any atom is -0.476 e. The van der Waals surface area contributed by atoms with Crippen LogP contribution in [0.5, 0.6) is 5.88 Å². The van der Waals surface area contributed by atoms with Gasteiger partial charge < -0.3 is 30.2 Å². The summed E-state index contributed by atoms with van der Waals surface area (Å²) in [7, 11) is -4.07. The first-order valence-electron chi connectivity index (χ1n) is 16.9. The number of hydrogen-bond acceptors (Lipinski definition) is 15. The van der Waals surface area contributed by atoms with Crippen LogP contribution in [0.3, 0.4) is 0 Å². The zero-order valence-corrected chi connectivity index (χ0v) is 31.4. The van der Waals surface area contributed by atoms with Crippen molar-refractivity contribution in [3.63, 3.8) is 0 Å². The second kappa shape index (κ2) is 18.1. The number of hydrogen-bond donors (Lipinski definition) is 4. The van der Waals surface area contributed by atoms with E-state index in [1.165, 1.54) is 17.8 Å². The smallest absolute Gasteiger partial charge is 0.405 e. The molecular formula is C33H49N6O10PS. The van der Waals surface area contributed by atoms with Crippen molar-refractivity contribution in [2.45, 2.75) is 90.9 Å². The molecule has 5 N–H and O–H groups in total. The molecule has 0 aliphatic carbocycles. The first-order valence-corrected chi connectivity index (χ1v) is 19.4. The Bertz CT molecular complexity index is 1660. The van der Waals surface area contributed by atoms with Crippen LogP contribution in [0, 0.1) is 5.41 Å². The van der Waals surface area contributed by atoms with E-state index in [4.69, 9.17) is 29.0 Å². The number of anilines is 1. The van der Waals surface area contributed by atoms with E-state index in [1.807, 2.05) is 37.3 Å². The van der Waals surface area contributed by atoms with Gasteiger partial charge in [-0.15, -0.1) is 0 Å². The number of aromatic nitrogens is 4. The number of nitrogens with two attached hydrogens (primary N) is 1. The van der Waals surface area contributed by atoms with E-state index in [2.05, 4.69) is 20.0 Å². The standard InChI is InChI=1S/C33H49N6O10PS/c1-6-8-10-15-24(40)46-20-32(3,4)30(42)51-17-16-47-50(44,36-18-22-13-11-9-12-14-22)48-19-23-26(41)33(5,43)29(49-23)39-21-35-25-27(39)37-31(34)38-28(25)45-7-2/h9,11-14,21,23,26,29,41,43H,6-8,10,15-20H2,1-5H3,(H,36,44)(H2,34,37,38)/t23?,26-,29-,33-,50?/m1/s1. The highest BCUT2D eigenvalue weighted by atomic mass is 32.2. The largest absolute Gasteiger partial charge is 0.476 e. The molecule has 3 aromatic rings. The summed E-state index contributed by atoms with van der Waals surface area (Å²) < 4.78 is 43.9. The highest BCUT2D eigenvalue weighted by molar-refractivity contribution is 8.13. The predicted octanol–water partition coefficient (Wildman–Crippen LogP) is 4.16. The zero-order chi connectivity index (χ0) is 37.2. The van der Waals surface area contributed by atoms with E-state index < -0.39 is 43.8 Å². The Hall–Kier alpha value is -3.15. The molecule has 18 heteroatoms. The van der Waals surface area contributed by atoms with Gasteiger partial charge in [0.15, 0.2) is 22.5 Å². The summed E-state index contributed by atoms with van der Waals surface area (Å²) in [6.07, 6.45) is 0.477. The fraction of sp³-hybridized carbons (Fsp3) is 0.606. The third kappa shape index (κ3) is 10.7. The number of thioether (sulfide) groups is 1. The molecule has 5 atom stereocenters. The number of aliphatic hydroxyl groups is 2. The van der Waals surface area contributed by atoms with E-state index in [-0.39, 0.29) is 59.6 Å². The first kappa shape index (κ1) is 40.6. The van der Waals surface area contributed by atoms with Crippen LogP contribution in [-0.2, 0) is 39.2 Å². The van der Waals surface area contributed by atoms with Crippen molar-refractivity contribution in [3.05, 3.63) is 42.2 Å². The van der Waals surface area contributed by atoms with Crippen LogP contribution < -0.4 is 15.6 Å². The number of nitrogens with one attached hydrogen (secondary N) is 1. The third-order valence-electron chi connectivity index (χ3n) is 8.13. The number of benzene rings is 1. The maximum absolute atomic E-state index is 14.0. The molecule has 3 heterocycles. The lowest BCUT2D eigenvalue weighted by molar-refractivity contribution is -0.147. The summed E-state index contributed by atoms with van der Waals surface area (Å²) in [4.78, 5) is 37.6. The monoisotopic (exact) mass is 752 g/mol.